The molecule has 0 saturated heterocycles. The second-order valence-electron chi connectivity index (χ2n) is 4.12. The summed E-state index contributed by atoms with van der Waals surface area (Å²) in [5.74, 6) is 0.415. The molecule has 0 aliphatic heterocycles. The van der Waals surface area contributed by atoms with E-state index in [1.807, 2.05) is 0 Å². The minimum Gasteiger partial charge on any atom is -0.461 e. The van der Waals surface area contributed by atoms with E-state index in [9.17, 15) is 4.79 Å². The highest BCUT2D eigenvalue weighted by Crippen LogP contribution is 2.25. The van der Waals surface area contributed by atoms with Crippen LogP contribution in [0.15, 0.2) is 0 Å². The lowest BCUT2D eigenvalue weighted by Gasteiger charge is -2.26. The van der Waals surface area contributed by atoms with Crippen molar-refractivity contribution in [1.82, 2.24) is 0 Å². The van der Waals surface area contributed by atoms with Crippen LogP contribution < -0.4 is 5.73 Å². The van der Waals surface area contributed by atoms with Crippen LogP contribution in [0.5, 0.6) is 0 Å². The average molecular weight is 185 g/mol. The lowest BCUT2D eigenvalue weighted by atomic mass is 9.89. The molecule has 2 N–H and O–H groups in total. The quantitative estimate of drug-likeness (QED) is 0.662. The Morgan fingerprint density at radius 2 is 2.23 bits per heavy atom. The van der Waals surface area contributed by atoms with Crippen molar-refractivity contribution >= 4 is 5.97 Å². The van der Waals surface area contributed by atoms with Gasteiger partial charge in [-0.05, 0) is 32.1 Å². The standard InChI is InChI=1S/C10H19NO2/c1-7-4-3-5-9(6-7)13-10(12)8(2)11/h7-9H,3-6,11H2,1-2H3/t7?,8-,9?/m0/s1. The number of carbonyl (C=O) groups is 1. The van der Waals surface area contributed by atoms with E-state index in [0.717, 1.165) is 19.3 Å². The molecule has 1 aliphatic carbocycles. The number of rotatable bonds is 2. The Labute approximate surface area is 79.6 Å². The Balaban J connectivity index is 2.31. The highest BCUT2D eigenvalue weighted by molar-refractivity contribution is 5.75. The van der Waals surface area contributed by atoms with E-state index in [-0.39, 0.29) is 12.1 Å². The maximum Gasteiger partial charge on any atom is 0.322 e. The van der Waals surface area contributed by atoms with Crippen LogP contribution >= 0.6 is 0 Å². The fourth-order valence-corrected chi connectivity index (χ4v) is 1.76. The first-order valence-electron chi connectivity index (χ1n) is 5.05. The first kappa shape index (κ1) is 10.5. The number of hydrogen-bond donors (Lipinski definition) is 1. The van der Waals surface area contributed by atoms with E-state index >= 15 is 0 Å². The molecule has 0 aromatic heterocycles. The van der Waals surface area contributed by atoms with Crippen LogP contribution in [-0.2, 0) is 9.53 Å². The maximum absolute atomic E-state index is 11.2. The van der Waals surface area contributed by atoms with Crippen LogP contribution in [0.1, 0.15) is 39.5 Å². The lowest BCUT2D eigenvalue weighted by molar-refractivity contribution is -0.152. The first-order valence-corrected chi connectivity index (χ1v) is 5.05. The Kier molecular flexibility index (Phi) is 3.72. The van der Waals surface area contributed by atoms with Gasteiger partial charge in [0, 0.05) is 0 Å². The van der Waals surface area contributed by atoms with Gasteiger partial charge in [-0.2, -0.15) is 0 Å². The van der Waals surface area contributed by atoms with Crippen LogP contribution in [0.2, 0.25) is 0 Å². The van der Waals surface area contributed by atoms with Crippen molar-refractivity contribution in [3.8, 4) is 0 Å². The number of nitrogens with two attached hydrogens (primary N) is 1. The molecular weight excluding hydrogens is 166 g/mol. The summed E-state index contributed by atoms with van der Waals surface area (Å²) in [4.78, 5) is 11.2. The normalized spacial score (nSPS) is 31.0. The Morgan fingerprint density at radius 3 is 2.77 bits per heavy atom. The molecule has 1 fully saturated rings. The van der Waals surface area contributed by atoms with E-state index < -0.39 is 6.04 Å². The molecule has 0 bridgehead atoms. The number of carbonyl (C=O) groups excluding carboxylic acids is 1. The van der Waals surface area contributed by atoms with Crippen LogP contribution in [0, 0.1) is 5.92 Å². The fourth-order valence-electron chi connectivity index (χ4n) is 1.76. The maximum atomic E-state index is 11.2. The number of esters is 1. The topological polar surface area (TPSA) is 52.3 Å². The molecule has 1 rings (SSSR count). The third-order valence-corrected chi connectivity index (χ3v) is 2.54. The molecule has 3 heteroatoms. The molecule has 1 saturated carbocycles. The first-order chi connectivity index (χ1) is 6.09. The molecule has 2 unspecified atom stereocenters. The molecule has 3 nitrogen and oxygen atoms in total. The van der Waals surface area contributed by atoms with Gasteiger partial charge < -0.3 is 10.5 Å². The summed E-state index contributed by atoms with van der Waals surface area (Å²) in [5, 5.41) is 0. The summed E-state index contributed by atoms with van der Waals surface area (Å²) in [5.41, 5.74) is 5.41. The van der Waals surface area contributed by atoms with Gasteiger partial charge >= 0.3 is 5.97 Å². The van der Waals surface area contributed by atoms with Gasteiger partial charge in [0.1, 0.15) is 12.1 Å². The van der Waals surface area contributed by atoms with Crippen molar-refractivity contribution in [3.05, 3.63) is 0 Å². The van der Waals surface area contributed by atoms with Gasteiger partial charge in [-0.15, -0.1) is 0 Å². The molecule has 76 valence electrons. The van der Waals surface area contributed by atoms with E-state index in [1.54, 1.807) is 6.92 Å². The molecule has 0 spiro atoms. The summed E-state index contributed by atoms with van der Waals surface area (Å²) in [6.07, 6.45) is 4.54. The van der Waals surface area contributed by atoms with Crippen molar-refractivity contribution in [2.24, 2.45) is 11.7 Å². The molecule has 0 heterocycles. The third-order valence-electron chi connectivity index (χ3n) is 2.54. The second kappa shape index (κ2) is 4.61. The summed E-state index contributed by atoms with van der Waals surface area (Å²) < 4.78 is 5.26. The zero-order valence-corrected chi connectivity index (χ0v) is 8.45. The molecular formula is C10H19NO2. The molecule has 1 aliphatic rings. The highest BCUT2D eigenvalue weighted by Gasteiger charge is 2.23. The Hall–Kier alpha value is -0.570. The molecule has 0 aromatic rings. The van der Waals surface area contributed by atoms with Gasteiger partial charge in [0.15, 0.2) is 0 Å². The molecule has 0 aromatic carbocycles. The van der Waals surface area contributed by atoms with Gasteiger partial charge in [0.2, 0.25) is 0 Å². The zero-order valence-electron chi connectivity index (χ0n) is 8.45. The van der Waals surface area contributed by atoms with Crippen LogP contribution in [0.4, 0.5) is 0 Å². The van der Waals surface area contributed by atoms with Gasteiger partial charge in [-0.3, -0.25) is 4.79 Å². The summed E-state index contributed by atoms with van der Waals surface area (Å²) in [6.45, 7) is 3.86. The van der Waals surface area contributed by atoms with Crippen molar-refractivity contribution in [2.45, 2.75) is 51.7 Å². The van der Waals surface area contributed by atoms with E-state index in [4.69, 9.17) is 10.5 Å². The average Bonchev–Trinajstić information content (AvgIpc) is 2.04. The van der Waals surface area contributed by atoms with Crippen molar-refractivity contribution in [2.75, 3.05) is 0 Å². The fraction of sp³-hybridized carbons (Fsp3) is 0.900. The van der Waals surface area contributed by atoms with Gasteiger partial charge in [-0.25, -0.2) is 0 Å². The van der Waals surface area contributed by atoms with Crippen LogP contribution in [0.25, 0.3) is 0 Å². The number of hydrogen-bond acceptors (Lipinski definition) is 3. The van der Waals surface area contributed by atoms with Gasteiger partial charge in [-0.1, -0.05) is 13.3 Å². The van der Waals surface area contributed by atoms with Crippen LogP contribution in [-0.4, -0.2) is 18.1 Å². The molecule has 13 heavy (non-hydrogen) atoms. The molecule has 0 amide bonds. The van der Waals surface area contributed by atoms with Crippen LogP contribution in [0.3, 0.4) is 0 Å². The summed E-state index contributed by atoms with van der Waals surface area (Å²) >= 11 is 0. The zero-order chi connectivity index (χ0) is 9.84. The van der Waals surface area contributed by atoms with E-state index in [2.05, 4.69) is 6.92 Å². The monoisotopic (exact) mass is 185 g/mol. The third kappa shape index (κ3) is 3.35. The van der Waals surface area contributed by atoms with Crippen molar-refractivity contribution < 1.29 is 9.53 Å². The molecule has 3 atom stereocenters. The predicted molar refractivity (Wildman–Crippen MR) is 51.2 cm³/mol. The summed E-state index contributed by atoms with van der Waals surface area (Å²) in [7, 11) is 0. The van der Waals surface area contributed by atoms with Crippen molar-refractivity contribution in [3.63, 3.8) is 0 Å². The minimum atomic E-state index is -0.489. The highest BCUT2D eigenvalue weighted by atomic mass is 16.5. The lowest BCUT2D eigenvalue weighted by Crippen LogP contribution is -2.34. The Bertz CT molecular complexity index is 180. The minimum absolute atomic E-state index is 0.113. The SMILES string of the molecule is CC1CCCC(OC(=O)[C@H](C)N)C1. The number of ether oxygens (including phenoxy) is 1. The van der Waals surface area contributed by atoms with Crippen molar-refractivity contribution in [1.29, 1.82) is 0 Å². The smallest absolute Gasteiger partial charge is 0.322 e. The second-order valence-corrected chi connectivity index (χ2v) is 4.12. The summed E-state index contributed by atoms with van der Waals surface area (Å²) in [6, 6.07) is -0.489. The molecule has 0 radical (unpaired) electrons. The largest absolute Gasteiger partial charge is 0.461 e. The van der Waals surface area contributed by atoms with Gasteiger partial charge in [0.25, 0.3) is 0 Å². The van der Waals surface area contributed by atoms with Gasteiger partial charge in [0.05, 0.1) is 0 Å². The Morgan fingerprint density at radius 1 is 1.54 bits per heavy atom. The van der Waals surface area contributed by atoms with E-state index in [0.29, 0.717) is 5.92 Å². The van der Waals surface area contributed by atoms with E-state index in [1.165, 1.54) is 6.42 Å². The predicted octanol–water partition coefficient (Wildman–Crippen LogP) is 1.46.